The highest BCUT2D eigenvalue weighted by molar-refractivity contribution is 5.52. The van der Waals surface area contributed by atoms with Crippen molar-refractivity contribution in [3.63, 3.8) is 0 Å². The molecule has 0 bridgehead atoms. The summed E-state index contributed by atoms with van der Waals surface area (Å²) in [5.41, 5.74) is 1.49. The predicted octanol–water partition coefficient (Wildman–Crippen LogP) is 3.53. The van der Waals surface area contributed by atoms with Crippen LogP contribution in [0.4, 0.5) is 4.39 Å². The van der Waals surface area contributed by atoms with Crippen LogP contribution in [0.1, 0.15) is 16.7 Å². The van der Waals surface area contributed by atoms with Crippen LogP contribution in [0.15, 0.2) is 30.3 Å². The largest absolute Gasteiger partial charge is 0.492 e. The number of benzene rings is 2. The summed E-state index contributed by atoms with van der Waals surface area (Å²) < 4.78 is 24.8. The highest BCUT2D eigenvalue weighted by atomic mass is 19.1. The molecule has 4 nitrogen and oxygen atoms in total. The van der Waals surface area contributed by atoms with Gasteiger partial charge >= 0.3 is 0 Å². The van der Waals surface area contributed by atoms with Gasteiger partial charge in [0, 0.05) is 12.1 Å². The normalized spacial score (nSPS) is 10.1. The Balaban J connectivity index is 2.45. The molecule has 22 heavy (non-hydrogen) atoms. The second kappa shape index (κ2) is 6.92. The third-order valence-corrected chi connectivity index (χ3v) is 3.23. The summed E-state index contributed by atoms with van der Waals surface area (Å²) in [6, 6.07) is 10.1. The number of aryl methyl sites for hydroxylation is 1. The van der Waals surface area contributed by atoms with Crippen molar-refractivity contribution >= 4 is 0 Å². The number of rotatable bonds is 5. The highest BCUT2D eigenvalue weighted by Crippen LogP contribution is 2.36. The quantitative estimate of drug-likeness (QED) is 0.918. The minimum atomic E-state index is -0.431. The van der Waals surface area contributed by atoms with Gasteiger partial charge in [-0.3, -0.25) is 0 Å². The van der Waals surface area contributed by atoms with Gasteiger partial charge < -0.3 is 14.8 Å². The van der Waals surface area contributed by atoms with Crippen LogP contribution in [0, 0.1) is 24.1 Å². The number of methoxy groups -OCH3 is 1. The summed E-state index contributed by atoms with van der Waals surface area (Å²) in [7, 11) is 3.40. The fourth-order valence-electron chi connectivity index (χ4n) is 2.15. The summed E-state index contributed by atoms with van der Waals surface area (Å²) in [5.74, 6) is 0.946. The van der Waals surface area contributed by atoms with Crippen LogP contribution in [-0.2, 0) is 6.54 Å². The van der Waals surface area contributed by atoms with E-state index in [4.69, 9.17) is 14.7 Å². The lowest BCUT2D eigenvalue weighted by Gasteiger charge is -2.15. The molecule has 5 heteroatoms. The van der Waals surface area contributed by atoms with Gasteiger partial charge in [-0.2, -0.15) is 5.26 Å². The van der Waals surface area contributed by atoms with Gasteiger partial charge in [0.1, 0.15) is 17.6 Å². The zero-order valence-electron chi connectivity index (χ0n) is 12.7. The Kier molecular flexibility index (Phi) is 4.97. The molecular formula is C17H17FN2O2. The predicted molar refractivity (Wildman–Crippen MR) is 81.7 cm³/mol. The Morgan fingerprint density at radius 2 is 2.05 bits per heavy atom. The van der Waals surface area contributed by atoms with Gasteiger partial charge in [0.25, 0.3) is 0 Å². The molecule has 0 aliphatic heterocycles. The summed E-state index contributed by atoms with van der Waals surface area (Å²) in [5, 5.41) is 12.2. The fourth-order valence-corrected chi connectivity index (χ4v) is 2.15. The standard InChI is InChI=1S/C17H17FN2O2/c1-11-7-16(13(9-19)8-14(11)18)22-15-6-4-5-12(10-20-2)17(15)21-3/h4-8,20H,10H2,1-3H3. The SMILES string of the molecule is CNCc1cccc(Oc2cc(C)c(F)cc2C#N)c1OC. The summed E-state index contributed by atoms with van der Waals surface area (Å²) in [4.78, 5) is 0. The smallest absolute Gasteiger partial charge is 0.169 e. The first-order chi connectivity index (χ1) is 10.6. The topological polar surface area (TPSA) is 54.3 Å². The number of hydrogen-bond donors (Lipinski definition) is 1. The third-order valence-electron chi connectivity index (χ3n) is 3.23. The van der Waals surface area contributed by atoms with E-state index < -0.39 is 5.82 Å². The third kappa shape index (κ3) is 3.18. The van der Waals surface area contributed by atoms with Crippen LogP contribution in [0.5, 0.6) is 17.2 Å². The first-order valence-corrected chi connectivity index (χ1v) is 6.79. The Bertz CT molecular complexity index is 723. The number of halogens is 1. The number of para-hydroxylation sites is 1. The maximum Gasteiger partial charge on any atom is 0.169 e. The Labute approximate surface area is 129 Å². The van der Waals surface area contributed by atoms with Crippen molar-refractivity contribution in [3.8, 4) is 23.3 Å². The average molecular weight is 300 g/mol. The molecule has 0 aliphatic rings. The first-order valence-electron chi connectivity index (χ1n) is 6.79. The monoisotopic (exact) mass is 300 g/mol. The molecule has 0 aromatic heterocycles. The van der Waals surface area contributed by atoms with E-state index in [2.05, 4.69) is 5.32 Å². The van der Waals surface area contributed by atoms with E-state index in [1.54, 1.807) is 20.1 Å². The van der Waals surface area contributed by atoms with Crippen molar-refractivity contribution in [2.24, 2.45) is 0 Å². The van der Waals surface area contributed by atoms with Gasteiger partial charge in [0.15, 0.2) is 11.5 Å². The van der Waals surface area contributed by atoms with Crippen molar-refractivity contribution in [2.45, 2.75) is 13.5 Å². The second-order valence-electron chi connectivity index (χ2n) is 4.79. The summed E-state index contributed by atoms with van der Waals surface area (Å²) >= 11 is 0. The lowest BCUT2D eigenvalue weighted by atomic mass is 10.1. The van der Waals surface area contributed by atoms with Crippen LogP contribution >= 0.6 is 0 Å². The van der Waals surface area contributed by atoms with Crippen molar-refractivity contribution in [1.29, 1.82) is 5.26 Å². The Hall–Kier alpha value is -2.58. The van der Waals surface area contributed by atoms with Crippen molar-refractivity contribution in [1.82, 2.24) is 5.32 Å². The summed E-state index contributed by atoms with van der Waals surface area (Å²) in [6.45, 7) is 2.24. The molecule has 114 valence electrons. The van der Waals surface area contributed by atoms with Gasteiger partial charge in [0.2, 0.25) is 0 Å². The molecule has 0 spiro atoms. The lowest BCUT2D eigenvalue weighted by Crippen LogP contribution is -2.07. The number of nitrogens with zero attached hydrogens (tertiary/aromatic N) is 1. The second-order valence-corrected chi connectivity index (χ2v) is 4.79. The molecule has 0 heterocycles. The number of ether oxygens (including phenoxy) is 2. The number of hydrogen-bond acceptors (Lipinski definition) is 4. The first kappa shape index (κ1) is 15.8. The molecule has 0 aliphatic carbocycles. The number of nitriles is 1. The van der Waals surface area contributed by atoms with Crippen LogP contribution < -0.4 is 14.8 Å². The molecule has 2 aromatic carbocycles. The van der Waals surface area contributed by atoms with Gasteiger partial charge in [-0.25, -0.2) is 4.39 Å². The van der Waals surface area contributed by atoms with Crippen molar-refractivity contribution in [2.75, 3.05) is 14.2 Å². The zero-order chi connectivity index (χ0) is 16.1. The highest BCUT2D eigenvalue weighted by Gasteiger charge is 2.14. The van der Waals surface area contributed by atoms with Crippen LogP contribution in [0.25, 0.3) is 0 Å². The van der Waals surface area contributed by atoms with Gasteiger partial charge in [0.05, 0.1) is 12.7 Å². The minimum absolute atomic E-state index is 0.143. The van der Waals surface area contributed by atoms with Gasteiger partial charge in [-0.05, 0) is 37.7 Å². The molecule has 2 rings (SSSR count). The van der Waals surface area contributed by atoms with Crippen molar-refractivity contribution < 1.29 is 13.9 Å². The molecule has 0 saturated heterocycles. The van der Waals surface area contributed by atoms with Crippen LogP contribution in [-0.4, -0.2) is 14.2 Å². The molecule has 0 unspecified atom stereocenters. The molecule has 0 atom stereocenters. The molecular weight excluding hydrogens is 283 g/mol. The van der Waals surface area contributed by atoms with Crippen LogP contribution in [0.2, 0.25) is 0 Å². The maximum atomic E-state index is 13.6. The average Bonchev–Trinajstić information content (AvgIpc) is 2.51. The molecule has 0 saturated carbocycles. The number of nitrogens with one attached hydrogen (secondary N) is 1. The molecule has 1 N–H and O–H groups in total. The Morgan fingerprint density at radius 3 is 2.68 bits per heavy atom. The van der Waals surface area contributed by atoms with E-state index in [-0.39, 0.29) is 5.56 Å². The molecule has 2 aromatic rings. The maximum absolute atomic E-state index is 13.6. The van der Waals surface area contributed by atoms with E-state index in [0.29, 0.717) is 29.4 Å². The van der Waals surface area contributed by atoms with E-state index in [1.807, 2.05) is 25.2 Å². The van der Waals surface area contributed by atoms with Crippen molar-refractivity contribution in [3.05, 3.63) is 52.8 Å². The van der Waals surface area contributed by atoms with E-state index in [0.717, 1.165) is 5.56 Å². The fraction of sp³-hybridized carbons (Fsp3) is 0.235. The molecule has 0 radical (unpaired) electrons. The van der Waals surface area contributed by atoms with E-state index in [9.17, 15) is 4.39 Å². The van der Waals surface area contributed by atoms with Gasteiger partial charge in [-0.15, -0.1) is 0 Å². The van der Waals surface area contributed by atoms with E-state index in [1.165, 1.54) is 12.1 Å². The minimum Gasteiger partial charge on any atom is -0.492 e. The molecule has 0 amide bonds. The van der Waals surface area contributed by atoms with Gasteiger partial charge in [-0.1, -0.05) is 12.1 Å². The summed E-state index contributed by atoms with van der Waals surface area (Å²) in [6.07, 6.45) is 0. The lowest BCUT2D eigenvalue weighted by molar-refractivity contribution is 0.373. The van der Waals surface area contributed by atoms with E-state index >= 15 is 0 Å². The molecule has 0 fully saturated rings. The zero-order valence-corrected chi connectivity index (χ0v) is 12.7. The Morgan fingerprint density at radius 1 is 1.27 bits per heavy atom. The van der Waals surface area contributed by atoms with Crippen LogP contribution in [0.3, 0.4) is 0 Å².